The number of aromatic nitrogens is 2. The van der Waals surface area contributed by atoms with Crippen molar-refractivity contribution in [3.63, 3.8) is 0 Å². The van der Waals surface area contributed by atoms with Crippen molar-refractivity contribution in [1.29, 1.82) is 0 Å². The van der Waals surface area contributed by atoms with Gasteiger partial charge in [-0.15, -0.1) is 5.10 Å². The Kier molecular flexibility index (Phi) is 4.46. The summed E-state index contributed by atoms with van der Waals surface area (Å²) in [6.07, 6.45) is 3.56. The molecule has 160 valence electrons. The van der Waals surface area contributed by atoms with Gasteiger partial charge < -0.3 is 15.1 Å². The highest BCUT2D eigenvalue weighted by Crippen LogP contribution is 2.48. The van der Waals surface area contributed by atoms with Gasteiger partial charge in [0.25, 0.3) is 17.6 Å². The largest absolute Gasteiger partial charge is 0.362 e. The van der Waals surface area contributed by atoms with Gasteiger partial charge in [-0.3, -0.25) is 14.5 Å². The van der Waals surface area contributed by atoms with Crippen LogP contribution in [0.15, 0.2) is 42.6 Å². The lowest BCUT2D eigenvalue weighted by molar-refractivity contribution is -0.123. The van der Waals surface area contributed by atoms with E-state index >= 15 is 0 Å². The van der Waals surface area contributed by atoms with Gasteiger partial charge in [-0.05, 0) is 61.8 Å². The highest BCUT2D eigenvalue weighted by molar-refractivity contribution is 7.81. The van der Waals surface area contributed by atoms with E-state index in [1.54, 1.807) is 35.4 Å². The number of carbonyl (C=O) groups excluding carboxylic acids is 2. The molecule has 10 heteroatoms. The van der Waals surface area contributed by atoms with Crippen molar-refractivity contribution in [2.24, 2.45) is 0 Å². The standard InChI is InChI=1S/C22H17FN6O2S/c1-24-18-7-6-16(17-8-11-26-29(17)18)27-20(31)22(9-3-10-22)28(21(27)32)13-4-5-14(15(23)12-13)19(30)25-2/h4-8,11-12H,3,9-10H2,2H3,(H,25,30). The number of nitrogens with zero attached hydrogens (tertiary/aromatic N) is 5. The first-order chi connectivity index (χ1) is 15.4. The molecule has 3 heterocycles. The lowest BCUT2D eigenvalue weighted by Gasteiger charge is -2.43. The van der Waals surface area contributed by atoms with E-state index in [1.807, 2.05) is 0 Å². The zero-order valence-electron chi connectivity index (χ0n) is 17.0. The molecular formula is C22H17FN6O2S. The first-order valence-corrected chi connectivity index (χ1v) is 10.4. The number of benzene rings is 1. The van der Waals surface area contributed by atoms with Gasteiger partial charge in [-0.2, -0.15) is 4.52 Å². The summed E-state index contributed by atoms with van der Waals surface area (Å²) in [6.45, 7) is 7.34. The van der Waals surface area contributed by atoms with Crippen molar-refractivity contribution < 1.29 is 14.0 Å². The van der Waals surface area contributed by atoms with E-state index in [0.29, 0.717) is 35.6 Å². The van der Waals surface area contributed by atoms with Crippen molar-refractivity contribution in [2.75, 3.05) is 16.8 Å². The molecule has 1 aliphatic heterocycles. The van der Waals surface area contributed by atoms with Gasteiger partial charge >= 0.3 is 0 Å². The number of anilines is 2. The van der Waals surface area contributed by atoms with Crippen molar-refractivity contribution in [2.45, 2.75) is 24.8 Å². The monoisotopic (exact) mass is 448 g/mol. The number of fused-ring (bicyclic) bond motifs is 1. The Labute approximate surface area is 188 Å². The summed E-state index contributed by atoms with van der Waals surface area (Å²) in [4.78, 5) is 32.2. The summed E-state index contributed by atoms with van der Waals surface area (Å²) < 4.78 is 16.2. The fourth-order valence-corrected chi connectivity index (χ4v) is 4.88. The normalized spacial score (nSPS) is 17.0. The summed E-state index contributed by atoms with van der Waals surface area (Å²) in [5.41, 5.74) is 0.529. The number of amides is 2. The maximum Gasteiger partial charge on any atom is 0.259 e. The molecule has 8 nitrogen and oxygen atoms in total. The molecule has 0 bridgehead atoms. The van der Waals surface area contributed by atoms with Crippen LogP contribution in [0, 0.1) is 12.4 Å². The van der Waals surface area contributed by atoms with Crippen LogP contribution < -0.4 is 15.1 Å². The smallest absolute Gasteiger partial charge is 0.259 e. The van der Waals surface area contributed by atoms with Crippen LogP contribution in [0.4, 0.5) is 21.6 Å². The van der Waals surface area contributed by atoms with Crippen LogP contribution in [0.1, 0.15) is 29.6 Å². The number of halogens is 1. The quantitative estimate of drug-likeness (QED) is 0.491. The molecule has 1 saturated carbocycles. The Morgan fingerprint density at radius 2 is 2.06 bits per heavy atom. The Morgan fingerprint density at radius 3 is 2.69 bits per heavy atom. The lowest BCUT2D eigenvalue weighted by Crippen LogP contribution is -2.55. The second-order valence-corrected chi connectivity index (χ2v) is 8.07. The molecule has 2 amide bonds. The lowest BCUT2D eigenvalue weighted by atomic mass is 9.75. The Hall–Kier alpha value is -3.84. The van der Waals surface area contributed by atoms with Gasteiger partial charge in [0, 0.05) is 18.8 Å². The van der Waals surface area contributed by atoms with Gasteiger partial charge in [0.2, 0.25) is 0 Å². The molecule has 1 N–H and O–H groups in total. The molecular weight excluding hydrogens is 431 g/mol. The topological polar surface area (TPSA) is 74.3 Å². The van der Waals surface area contributed by atoms with Crippen LogP contribution in [-0.2, 0) is 4.79 Å². The number of carbonyl (C=O) groups is 2. The third-order valence-electron chi connectivity index (χ3n) is 6.14. The maximum absolute atomic E-state index is 14.7. The molecule has 5 rings (SSSR count). The molecule has 2 aromatic heterocycles. The highest BCUT2D eigenvalue weighted by Gasteiger charge is 2.60. The molecule has 0 atom stereocenters. The van der Waals surface area contributed by atoms with Gasteiger partial charge in [-0.25, -0.2) is 4.39 Å². The predicted octanol–water partition coefficient (Wildman–Crippen LogP) is 3.44. The molecule has 1 spiro atoms. The summed E-state index contributed by atoms with van der Waals surface area (Å²) in [6, 6.07) is 9.22. The third-order valence-corrected chi connectivity index (χ3v) is 6.51. The van der Waals surface area contributed by atoms with Crippen LogP contribution in [0.3, 0.4) is 0 Å². The molecule has 0 radical (unpaired) electrons. The fourth-order valence-electron chi connectivity index (χ4n) is 4.42. The molecule has 2 aliphatic rings. The Balaban J connectivity index is 1.63. The number of thiocarbonyl (C=S) groups is 1. The van der Waals surface area contributed by atoms with Crippen LogP contribution in [-0.4, -0.2) is 39.1 Å². The number of hydrogen-bond acceptors (Lipinski definition) is 4. The van der Waals surface area contributed by atoms with E-state index in [2.05, 4.69) is 15.3 Å². The summed E-state index contributed by atoms with van der Waals surface area (Å²) >= 11 is 5.74. The SMILES string of the molecule is [C-]#[N+]c1ccc(N2C(=O)C3(CCC3)N(c3ccc(C(=O)NC)c(F)c3)C2=S)c2ccnn12. The summed E-state index contributed by atoms with van der Waals surface area (Å²) in [7, 11) is 1.43. The van der Waals surface area contributed by atoms with E-state index < -0.39 is 17.3 Å². The molecule has 2 fully saturated rings. The second kappa shape index (κ2) is 7.10. The van der Waals surface area contributed by atoms with Crippen molar-refractivity contribution in [1.82, 2.24) is 14.9 Å². The highest BCUT2D eigenvalue weighted by atomic mass is 32.1. The predicted molar refractivity (Wildman–Crippen MR) is 120 cm³/mol. The van der Waals surface area contributed by atoms with E-state index in [1.165, 1.54) is 28.6 Å². The minimum atomic E-state index is -0.895. The van der Waals surface area contributed by atoms with E-state index in [4.69, 9.17) is 18.8 Å². The number of rotatable bonds is 3. The van der Waals surface area contributed by atoms with Crippen LogP contribution in [0.5, 0.6) is 0 Å². The average Bonchev–Trinajstić information content (AvgIpc) is 3.33. The number of nitrogens with one attached hydrogen (secondary N) is 1. The van der Waals surface area contributed by atoms with Gasteiger partial charge in [0.15, 0.2) is 10.6 Å². The minimum Gasteiger partial charge on any atom is -0.362 e. The Bertz CT molecular complexity index is 1360. The molecule has 1 saturated heterocycles. The van der Waals surface area contributed by atoms with Gasteiger partial charge in [0.1, 0.15) is 11.4 Å². The average molecular weight is 448 g/mol. The molecule has 0 unspecified atom stereocenters. The van der Waals surface area contributed by atoms with Crippen molar-refractivity contribution in [3.8, 4) is 0 Å². The van der Waals surface area contributed by atoms with Gasteiger partial charge in [-0.1, -0.05) is 6.57 Å². The van der Waals surface area contributed by atoms with Crippen molar-refractivity contribution in [3.05, 3.63) is 65.4 Å². The second-order valence-electron chi connectivity index (χ2n) is 7.70. The first-order valence-electron chi connectivity index (χ1n) is 9.97. The van der Waals surface area contributed by atoms with Crippen LogP contribution in [0.25, 0.3) is 10.4 Å². The van der Waals surface area contributed by atoms with Crippen LogP contribution in [0.2, 0.25) is 0 Å². The van der Waals surface area contributed by atoms with E-state index in [0.717, 1.165) is 6.42 Å². The van der Waals surface area contributed by atoms with Crippen LogP contribution >= 0.6 is 12.2 Å². The minimum absolute atomic E-state index is 0.0806. The summed E-state index contributed by atoms with van der Waals surface area (Å²) in [5.74, 6) is -1.10. The van der Waals surface area contributed by atoms with E-state index in [-0.39, 0.29) is 16.6 Å². The molecule has 1 aromatic carbocycles. The molecule has 3 aromatic rings. The fraction of sp³-hybridized carbons (Fsp3) is 0.227. The molecule has 32 heavy (non-hydrogen) atoms. The summed E-state index contributed by atoms with van der Waals surface area (Å²) in [5, 5.41) is 6.82. The molecule has 1 aliphatic carbocycles. The maximum atomic E-state index is 14.7. The Morgan fingerprint density at radius 1 is 1.28 bits per heavy atom. The van der Waals surface area contributed by atoms with E-state index in [9.17, 15) is 14.0 Å². The zero-order valence-corrected chi connectivity index (χ0v) is 17.8. The van der Waals surface area contributed by atoms with Crippen molar-refractivity contribution >= 4 is 51.9 Å². The van der Waals surface area contributed by atoms with Gasteiger partial charge in [0.05, 0.1) is 17.4 Å². The third kappa shape index (κ3) is 2.58. The number of hydrogen-bond donors (Lipinski definition) is 1. The number of pyridine rings is 1. The first kappa shape index (κ1) is 20.1. The zero-order chi connectivity index (χ0) is 22.6.